The molecule has 3 rings (SSSR count). The van der Waals surface area contributed by atoms with Crippen molar-refractivity contribution in [3.63, 3.8) is 0 Å². The topological polar surface area (TPSA) is 110 Å². The van der Waals surface area contributed by atoms with Crippen LogP contribution in [0.1, 0.15) is 23.1 Å². The van der Waals surface area contributed by atoms with Gasteiger partial charge in [-0.2, -0.15) is 5.10 Å². The minimum atomic E-state index is -1.04. The lowest BCUT2D eigenvalue weighted by atomic mass is 10.1. The number of nitrogens with one attached hydrogen (secondary N) is 1. The number of carboxylic acid groups (broad SMARTS) is 1. The van der Waals surface area contributed by atoms with Crippen molar-refractivity contribution in [3.8, 4) is 11.5 Å². The number of thioether (sulfide) groups is 1. The third kappa shape index (κ3) is 6.22. The van der Waals surface area contributed by atoms with E-state index in [9.17, 15) is 9.59 Å². The molecule has 0 spiro atoms. The first kappa shape index (κ1) is 22.6. The van der Waals surface area contributed by atoms with Crippen LogP contribution in [0.2, 0.25) is 5.02 Å². The monoisotopic (exact) mass is 461 g/mol. The maximum atomic E-state index is 11.7. The molecule has 0 bridgehead atoms. The average molecular weight is 462 g/mol. The average Bonchev–Trinajstić information content (AvgIpc) is 3.06. The summed E-state index contributed by atoms with van der Waals surface area (Å²) in [5.74, 6) is -0.205. The van der Waals surface area contributed by atoms with E-state index >= 15 is 0 Å². The van der Waals surface area contributed by atoms with E-state index in [1.807, 2.05) is 31.2 Å². The van der Waals surface area contributed by atoms with Crippen molar-refractivity contribution < 1.29 is 24.2 Å². The van der Waals surface area contributed by atoms with Gasteiger partial charge in [0, 0.05) is 5.56 Å². The molecular weight excluding hydrogens is 442 g/mol. The van der Waals surface area contributed by atoms with Gasteiger partial charge in [-0.1, -0.05) is 29.4 Å². The van der Waals surface area contributed by atoms with Crippen LogP contribution in [0.4, 0.5) is 0 Å². The van der Waals surface area contributed by atoms with Crippen molar-refractivity contribution in [2.75, 3.05) is 7.11 Å². The zero-order chi connectivity index (χ0) is 22.4. The smallest absolute Gasteiger partial charge is 0.305 e. The van der Waals surface area contributed by atoms with Crippen molar-refractivity contribution in [1.82, 2.24) is 5.32 Å². The van der Waals surface area contributed by atoms with Crippen LogP contribution in [0.3, 0.4) is 0 Å². The number of aliphatic carboxylic acids is 1. The second-order valence-electron chi connectivity index (χ2n) is 6.64. The van der Waals surface area contributed by atoms with Crippen LogP contribution < -0.4 is 14.8 Å². The largest absolute Gasteiger partial charge is 0.496 e. The van der Waals surface area contributed by atoms with Crippen molar-refractivity contribution in [2.24, 2.45) is 10.2 Å². The van der Waals surface area contributed by atoms with Gasteiger partial charge in [-0.25, -0.2) is 0 Å². The Morgan fingerprint density at radius 3 is 2.77 bits per heavy atom. The van der Waals surface area contributed by atoms with Gasteiger partial charge in [-0.15, -0.1) is 5.10 Å². The van der Waals surface area contributed by atoms with Gasteiger partial charge in [0.2, 0.25) is 5.91 Å². The lowest BCUT2D eigenvalue weighted by Gasteiger charge is -2.12. The lowest BCUT2D eigenvalue weighted by Crippen LogP contribution is -2.26. The van der Waals surface area contributed by atoms with Crippen molar-refractivity contribution in [1.29, 1.82) is 0 Å². The van der Waals surface area contributed by atoms with Gasteiger partial charge in [0.15, 0.2) is 5.17 Å². The highest BCUT2D eigenvalue weighted by Gasteiger charge is 2.32. The normalized spacial score (nSPS) is 17.2. The summed E-state index contributed by atoms with van der Waals surface area (Å²) in [6.07, 6.45) is 1.25. The SMILES string of the molecule is COc1ccc(C=NN=C2NC(=O)C(CC(=O)O)S2)cc1COc1ccc(C)cc1Cl. The summed E-state index contributed by atoms with van der Waals surface area (Å²) >= 11 is 7.26. The summed E-state index contributed by atoms with van der Waals surface area (Å²) in [7, 11) is 1.57. The fraction of sp³-hybridized carbons (Fsp3) is 0.238. The summed E-state index contributed by atoms with van der Waals surface area (Å²) in [6.45, 7) is 2.19. The maximum absolute atomic E-state index is 11.7. The minimum absolute atomic E-state index is 0.241. The fourth-order valence-corrected chi connectivity index (χ4v) is 3.97. The van der Waals surface area contributed by atoms with Crippen LogP contribution in [-0.4, -0.2) is 40.7 Å². The Morgan fingerprint density at radius 2 is 2.06 bits per heavy atom. The van der Waals surface area contributed by atoms with Gasteiger partial charge in [0.05, 0.1) is 24.8 Å². The number of ether oxygens (including phenoxy) is 2. The third-order valence-corrected chi connectivity index (χ3v) is 5.63. The van der Waals surface area contributed by atoms with Crippen molar-refractivity contribution >= 4 is 46.6 Å². The van der Waals surface area contributed by atoms with E-state index in [0.29, 0.717) is 16.5 Å². The first-order valence-corrected chi connectivity index (χ1v) is 10.5. The molecule has 1 fully saturated rings. The van der Waals surface area contributed by atoms with Gasteiger partial charge in [-0.3, -0.25) is 9.59 Å². The Morgan fingerprint density at radius 1 is 1.29 bits per heavy atom. The Hall–Kier alpha value is -3.04. The van der Waals surface area contributed by atoms with E-state index < -0.39 is 11.2 Å². The molecule has 1 aliphatic heterocycles. The van der Waals surface area contributed by atoms with Crippen LogP contribution in [0, 0.1) is 6.92 Å². The number of rotatable bonds is 8. The molecule has 2 aromatic carbocycles. The molecule has 1 amide bonds. The van der Waals surface area contributed by atoms with Gasteiger partial charge >= 0.3 is 5.97 Å². The summed E-state index contributed by atoms with van der Waals surface area (Å²) in [5, 5.41) is 19.4. The van der Waals surface area contributed by atoms with Gasteiger partial charge < -0.3 is 19.9 Å². The highest BCUT2D eigenvalue weighted by atomic mass is 35.5. The number of carboxylic acids is 1. The Kier molecular flexibility index (Phi) is 7.54. The molecule has 0 radical (unpaired) electrons. The zero-order valence-corrected chi connectivity index (χ0v) is 18.4. The van der Waals surface area contributed by atoms with E-state index in [-0.39, 0.29) is 24.1 Å². The molecule has 8 nitrogen and oxygen atoms in total. The number of amidine groups is 1. The third-order valence-electron chi connectivity index (χ3n) is 4.27. The Labute approximate surface area is 188 Å². The predicted octanol–water partition coefficient (Wildman–Crippen LogP) is 3.63. The molecule has 162 valence electrons. The Balaban J connectivity index is 1.68. The number of hydrogen-bond acceptors (Lipinski definition) is 7. The molecule has 1 saturated heterocycles. The van der Waals surface area contributed by atoms with Crippen molar-refractivity contribution in [3.05, 3.63) is 58.1 Å². The highest BCUT2D eigenvalue weighted by molar-refractivity contribution is 8.15. The number of carbonyl (C=O) groups excluding carboxylic acids is 1. The first-order valence-electron chi connectivity index (χ1n) is 9.22. The number of hydrogen-bond donors (Lipinski definition) is 2. The number of methoxy groups -OCH3 is 1. The molecular formula is C21H20ClN3O5S. The van der Waals surface area contributed by atoms with E-state index in [1.165, 1.54) is 6.21 Å². The molecule has 0 aliphatic carbocycles. The maximum Gasteiger partial charge on any atom is 0.305 e. The van der Waals surface area contributed by atoms with Crippen LogP contribution in [-0.2, 0) is 16.2 Å². The molecule has 0 aromatic heterocycles. The number of amides is 1. The standard InChI is InChI=1S/C21H20ClN3O5S/c1-12-3-5-17(15(22)7-12)30-11-14-8-13(4-6-16(14)29-2)10-23-25-21-24-20(28)18(31-21)9-19(26)27/h3-8,10,18H,9,11H2,1-2H3,(H,26,27)(H,24,25,28). The molecule has 1 aliphatic rings. The Bertz CT molecular complexity index is 1060. The van der Waals surface area contributed by atoms with Crippen LogP contribution >= 0.6 is 23.4 Å². The zero-order valence-electron chi connectivity index (χ0n) is 16.8. The number of carbonyl (C=O) groups is 2. The predicted molar refractivity (Wildman–Crippen MR) is 120 cm³/mol. The summed E-state index contributed by atoms with van der Waals surface area (Å²) < 4.78 is 11.2. The minimum Gasteiger partial charge on any atom is -0.496 e. The van der Waals surface area contributed by atoms with E-state index in [4.69, 9.17) is 26.2 Å². The van der Waals surface area contributed by atoms with Gasteiger partial charge in [-0.05, 0) is 48.4 Å². The molecule has 2 N–H and O–H groups in total. The number of nitrogens with zero attached hydrogens (tertiary/aromatic N) is 2. The molecule has 10 heteroatoms. The molecule has 0 saturated carbocycles. The highest BCUT2D eigenvalue weighted by Crippen LogP contribution is 2.28. The fourth-order valence-electron chi connectivity index (χ4n) is 2.76. The molecule has 1 atom stereocenters. The van der Waals surface area contributed by atoms with E-state index in [0.717, 1.165) is 28.5 Å². The van der Waals surface area contributed by atoms with Crippen molar-refractivity contribution in [2.45, 2.75) is 25.2 Å². The molecule has 31 heavy (non-hydrogen) atoms. The first-order chi connectivity index (χ1) is 14.9. The van der Waals surface area contributed by atoms with Gasteiger partial charge in [0.25, 0.3) is 0 Å². The second-order valence-corrected chi connectivity index (χ2v) is 8.24. The summed E-state index contributed by atoms with van der Waals surface area (Å²) in [6, 6.07) is 11.0. The number of halogens is 1. The quantitative estimate of drug-likeness (QED) is 0.459. The molecule has 1 unspecified atom stereocenters. The van der Waals surface area contributed by atoms with Crippen LogP contribution in [0.25, 0.3) is 0 Å². The molecule has 1 heterocycles. The molecule has 2 aromatic rings. The van der Waals surface area contributed by atoms with Gasteiger partial charge in [0.1, 0.15) is 23.4 Å². The summed E-state index contributed by atoms with van der Waals surface area (Å²) in [5.41, 5.74) is 2.58. The van der Waals surface area contributed by atoms with Crippen LogP contribution in [0.5, 0.6) is 11.5 Å². The van der Waals surface area contributed by atoms with Crippen LogP contribution in [0.15, 0.2) is 46.6 Å². The second kappa shape index (κ2) is 10.3. The van der Waals surface area contributed by atoms with E-state index in [2.05, 4.69) is 15.5 Å². The van der Waals surface area contributed by atoms with E-state index in [1.54, 1.807) is 19.2 Å². The number of aryl methyl sites for hydroxylation is 1. The number of benzene rings is 2. The lowest BCUT2D eigenvalue weighted by molar-refractivity contribution is -0.138. The summed E-state index contributed by atoms with van der Waals surface area (Å²) in [4.78, 5) is 22.5.